The molecule has 0 bridgehead atoms. The normalized spacial score (nSPS) is 26.2. The van der Waals surface area contributed by atoms with Crippen LogP contribution in [-0.2, 0) is 4.74 Å². The summed E-state index contributed by atoms with van der Waals surface area (Å²) in [6.45, 7) is 6.32. The molecule has 0 aromatic heterocycles. The third-order valence-corrected chi connectivity index (χ3v) is 3.38. The standard InChI is InChI=1S/C13H28N2O/c1-12-6-4-5-7-13(12)16-11-9-14-8-10-15(2)3/h12-14H,4-11H2,1-3H3. The molecule has 0 aliphatic heterocycles. The lowest BCUT2D eigenvalue weighted by Gasteiger charge is -2.28. The lowest BCUT2D eigenvalue weighted by atomic mass is 9.88. The van der Waals surface area contributed by atoms with Crippen LogP contribution in [0.25, 0.3) is 0 Å². The molecule has 0 aromatic rings. The van der Waals surface area contributed by atoms with Gasteiger partial charge in [-0.1, -0.05) is 19.8 Å². The predicted molar refractivity (Wildman–Crippen MR) is 68.8 cm³/mol. The Bertz CT molecular complexity index is 173. The number of nitrogens with zero attached hydrogens (tertiary/aromatic N) is 1. The molecule has 0 amide bonds. The Morgan fingerprint density at radius 1 is 1.19 bits per heavy atom. The zero-order chi connectivity index (χ0) is 11.8. The zero-order valence-corrected chi connectivity index (χ0v) is 11.2. The fourth-order valence-electron chi connectivity index (χ4n) is 2.24. The second-order valence-corrected chi connectivity index (χ2v) is 5.22. The van der Waals surface area contributed by atoms with Gasteiger partial charge in [-0.2, -0.15) is 0 Å². The fraction of sp³-hybridized carbons (Fsp3) is 1.00. The third-order valence-electron chi connectivity index (χ3n) is 3.38. The molecule has 0 heterocycles. The zero-order valence-electron chi connectivity index (χ0n) is 11.2. The number of hydrogen-bond acceptors (Lipinski definition) is 3. The Morgan fingerprint density at radius 2 is 1.94 bits per heavy atom. The van der Waals surface area contributed by atoms with Crippen molar-refractivity contribution in [2.24, 2.45) is 5.92 Å². The van der Waals surface area contributed by atoms with Crippen LogP contribution in [0.4, 0.5) is 0 Å². The van der Waals surface area contributed by atoms with Gasteiger partial charge in [-0.15, -0.1) is 0 Å². The fourth-order valence-corrected chi connectivity index (χ4v) is 2.24. The van der Waals surface area contributed by atoms with Crippen LogP contribution in [0, 0.1) is 5.92 Å². The van der Waals surface area contributed by atoms with Crippen LogP contribution in [0.5, 0.6) is 0 Å². The van der Waals surface area contributed by atoms with Crippen molar-refractivity contribution in [3.05, 3.63) is 0 Å². The van der Waals surface area contributed by atoms with Crippen LogP contribution in [0.2, 0.25) is 0 Å². The maximum absolute atomic E-state index is 5.93. The highest BCUT2D eigenvalue weighted by atomic mass is 16.5. The van der Waals surface area contributed by atoms with Crippen LogP contribution in [0.15, 0.2) is 0 Å². The van der Waals surface area contributed by atoms with Crippen molar-refractivity contribution in [1.29, 1.82) is 0 Å². The summed E-state index contributed by atoms with van der Waals surface area (Å²) < 4.78 is 5.93. The molecule has 96 valence electrons. The van der Waals surface area contributed by atoms with E-state index in [0.717, 1.165) is 32.2 Å². The summed E-state index contributed by atoms with van der Waals surface area (Å²) in [5, 5.41) is 3.40. The number of rotatable bonds is 7. The lowest BCUT2D eigenvalue weighted by Crippen LogP contribution is -2.32. The minimum Gasteiger partial charge on any atom is -0.377 e. The van der Waals surface area contributed by atoms with E-state index < -0.39 is 0 Å². The molecule has 0 saturated heterocycles. The molecular weight excluding hydrogens is 200 g/mol. The Balaban J connectivity index is 1.94. The summed E-state index contributed by atoms with van der Waals surface area (Å²) in [5.74, 6) is 0.760. The molecular formula is C13H28N2O. The molecule has 2 atom stereocenters. The molecule has 1 rings (SSSR count). The van der Waals surface area contributed by atoms with E-state index >= 15 is 0 Å². The molecule has 1 fully saturated rings. The van der Waals surface area contributed by atoms with E-state index in [0.29, 0.717) is 6.10 Å². The summed E-state index contributed by atoms with van der Waals surface area (Å²) in [6.07, 6.45) is 5.87. The van der Waals surface area contributed by atoms with Crippen molar-refractivity contribution < 1.29 is 4.74 Å². The van der Waals surface area contributed by atoms with E-state index in [9.17, 15) is 0 Å². The SMILES string of the molecule is CC1CCCCC1OCCNCCN(C)C. The topological polar surface area (TPSA) is 24.5 Å². The highest BCUT2D eigenvalue weighted by molar-refractivity contribution is 4.72. The molecule has 3 nitrogen and oxygen atoms in total. The van der Waals surface area contributed by atoms with Gasteiger partial charge in [-0.05, 0) is 32.9 Å². The van der Waals surface area contributed by atoms with Crippen molar-refractivity contribution in [3.63, 3.8) is 0 Å². The number of likely N-dealkylation sites (N-methyl/N-ethyl adjacent to an activating group) is 1. The van der Waals surface area contributed by atoms with Gasteiger partial charge in [0.25, 0.3) is 0 Å². The first-order valence-corrected chi connectivity index (χ1v) is 6.67. The van der Waals surface area contributed by atoms with Crippen LogP contribution >= 0.6 is 0 Å². The maximum Gasteiger partial charge on any atom is 0.0601 e. The van der Waals surface area contributed by atoms with Crippen LogP contribution in [0.3, 0.4) is 0 Å². The summed E-state index contributed by atoms with van der Waals surface area (Å²) >= 11 is 0. The van der Waals surface area contributed by atoms with Gasteiger partial charge in [0.05, 0.1) is 12.7 Å². The highest BCUT2D eigenvalue weighted by Gasteiger charge is 2.21. The van der Waals surface area contributed by atoms with Crippen molar-refractivity contribution >= 4 is 0 Å². The molecule has 3 heteroatoms. The smallest absolute Gasteiger partial charge is 0.0601 e. The van der Waals surface area contributed by atoms with Gasteiger partial charge in [0.1, 0.15) is 0 Å². The van der Waals surface area contributed by atoms with Gasteiger partial charge in [-0.25, -0.2) is 0 Å². The summed E-state index contributed by atoms with van der Waals surface area (Å²) in [7, 11) is 4.20. The van der Waals surface area contributed by atoms with Gasteiger partial charge < -0.3 is 15.0 Å². The minimum absolute atomic E-state index is 0.518. The van der Waals surface area contributed by atoms with Crippen LogP contribution in [-0.4, -0.2) is 51.3 Å². The van der Waals surface area contributed by atoms with Crippen LogP contribution in [0.1, 0.15) is 32.6 Å². The van der Waals surface area contributed by atoms with Gasteiger partial charge in [-0.3, -0.25) is 0 Å². The van der Waals surface area contributed by atoms with E-state index in [1.54, 1.807) is 0 Å². The average Bonchev–Trinajstić information content (AvgIpc) is 2.25. The number of hydrogen-bond donors (Lipinski definition) is 1. The van der Waals surface area contributed by atoms with Gasteiger partial charge in [0.2, 0.25) is 0 Å². The summed E-state index contributed by atoms with van der Waals surface area (Å²) in [5.41, 5.74) is 0. The number of nitrogens with one attached hydrogen (secondary N) is 1. The molecule has 1 aliphatic carbocycles. The Morgan fingerprint density at radius 3 is 2.62 bits per heavy atom. The van der Waals surface area contributed by atoms with Crippen LogP contribution < -0.4 is 5.32 Å². The first-order valence-electron chi connectivity index (χ1n) is 6.67. The van der Waals surface area contributed by atoms with Crippen molar-refractivity contribution in [1.82, 2.24) is 10.2 Å². The third kappa shape index (κ3) is 5.83. The summed E-state index contributed by atoms with van der Waals surface area (Å²) in [4.78, 5) is 2.19. The lowest BCUT2D eigenvalue weighted by molar-refractivity contribution is -0.00316. The second kappa shape index (κ2) is 8.04. The Kier molecular flexibility index (Phi) is 7.01. The molecule has 1 saturated carbocycles. The van der Waals surface area contributed by atoms with E-state index in [2.05, 4.69) is 31.2 Å². The molecule has 1 aliphatic rings. The van der Waals surface area contributed by atoms with Crippen molar-refractivity contribution in [3.8, 4) is 0 Å². The highest BCUT2D eigenvalue weighted by Crippen LogP contribution is 2.25. The predicted octanol–water partition coefficient (Wildman–Crippen LogP) is 1.73. The van der Waals surface area contributed by atoms with Crippen molar-refractivity contribution in [2.45, 2.75) is 38.7 Å². The first-order chi connectivity index (χ1) is 7.70. The number of ether oxygens (including phenoxy) is 1. The van der Waals surface area contributed by atoms with Gasteiger partial charge >= 0.3 is 0 Å². The first kappa shape index (κ1) is 13.9. The molecule has 1 N–H and O–H groups in total. The van der Waals surface area contributed by atoms with E-state index in [1.807, 2.05) is 0 Å². The van der Waals surface area contributed by atoms with E-state index in [-0.39, 0.29) is 0 Å². The average molecular weight is 228 g/mol. The monoisotopic (exact) mass is 228 g/mol. The Hall–Kier alpha value is -0.120. The molecule has 0 spiro atoms. The van der Waals surface area contributed by atoms with Gasteiger partial charge in [0.15, 0.2) is 0 Å². The van der Waals surface area contributed by atoms with Crippen molar-refractivity contribution in [2.75, 3.05) is 40.3 Å². The summed E-state index contributed by atoms with van der Waals surface area (Å²) in [6, 6.07) is 0. The molecule has 0 aromatic carbocycles. The molecule has 16 heavy (non-hydrogen) atoms. The maximum atomic E-state index is 5.93. The molecule has 2 unspecified atom stereocenters. The van der Waals surface area contributed by atoms with Gasteiger partial charge in [0, 0.05) is 19.6 Å². The quantitative estimate of drug-likeness (QED) is 0.672. The molecule has 0 radical (unpaired) electrons. The van der Waals surface area contributed by atoms with E-state index in [4.69, 9.17) is 4.74 Å². The second-order valence-electron chi connectivity index (χ2n) is 5.22. The minimum atomic E-state index is 0.518. The van der Waals surface area contributed by atoms with E-state index in [1.165, 1.54) is 25.7 Å². The largest absolute Gasteiger partial charge is 0.377 e. The Labute approximate surface area is 101 Å².